The average Bonchev–Trinajstić information content (AvgIpc) is 2.77. The van der Waals surface area contributed by atoms with E-state index < -0.39 is 5.91 Å². The highest BCUT2D eigenvalue weighted by atomic mass is 16.5. The number of methoxy groups -OCH3 is 1. The van der Waals surface area contributed by atoms with Gasteiger partial charge in [-0.1, -0.05) is 0 Å². The smallest absolute Gasteiger partial charge is 0.271 e. The largest absolute Gasteiger partial charge is 0.497 e. The zero-order valence-electron chi connectivity index (χ0n) is 9.52. The number of rotatable bonds is 3. The fourth-order valence-electron chi connectivity index (χ4n) is 1.62. The van der Waals surface area contributed by atoms with Gasteiger partial charge in [-0.3, -0.25) is 4.79 Å². The number of nitrogens with one attached hydrogen (secondary N) is 1. The van der Waals surface area contributed by atoms with Crippen molar-refractivity contribution >= 4 is 5.91 Å². The van der Waals surface area contributed by atoms with E-state index in [0.717, 1.165) is 16.9 Å². The Morgan fingerprint density at radius 1 is 1.41 bits per heavy atom. The number of ether oxygens (including phenoxy) is 1. The third kappa shape index (κ3) is 1.96. The van der Waals surface area contributed by atoms with Crippen LogP contribution in [-0.2, 0) is 0 Å². The molecule has 0 saturated heterocycles. The predicted octanol–water partition coefficient (Wildman–Crippen LogP) is 0.888. The Labute approximate surface area is 97.8 Å². The molecule has 0 radical (unpaired) electrons. The van der Waals surface area contributed by atoms with Gasteiger partial charge in [0.25, 0.3) is 5.91 Å². The highest BCUT2D eigenvalue weighted by Gasteiger charge is 2.16. The summed E-state index contributed by atoms with van der Waals surface area (Å²) >= 11 is 0. The van der Waals surface area contributed by atoms with Gasteiger partial charge in [0.05, 0.1) is 7.11 Å². The van der Waals surface area contributed by atoms with Gasteiger partial charge in [-0.2, -0.15) is 15.4 Å². The van der Waals surface area contributed by atoms with Gasteiger partial charge in [-0.15, -0.1) is 0 Å². The molecule has 1 aromatic heterocycles. The Bertz CT molecular complexity index is 562. The molecule has 0 atom stereocenters. The monoisotopic (exact) mass is 232 g/mol. The molecule has 6 nitrogen and oxygen atoms in total. The van der Waals surface area contributed by atoms with Crippen molar-refractivity contribution in [2.75, 3.05) is 7.11 Å². The van der Waals surface area contributed by atoms with Gasteiger partial charge in [0.1, 0.15) is 11.4 Å². The minimum atomic E-state index is -0.607. The second kappa shape index (κ2) is 4.25. The van der Waals surface area contributed by atoms with Gasteiger partial charge in [0.2, 0.25) is 0 Å². The number of nitrogens with two attached hydrogens (primary N) is 1. The Kier molecular flexibility index (Phi) is 2.78. The van der Waals surface area contributed by atoms with E-state index in [9.17, 15) is 4.79 Å². The number of amides is 1. The summed E-state index contributed by atoms with van der Waals surface area (Å²) in [4.78, 5) is 11.2. The van der Waals surface area contributed by atoms with E-state index in [0.29, 0.717) is 5.69 Å². The summed E-state index contributed by atoms with van der Waals surface area (Å²) in [6.07, 6.45) is 0. The third-order valence-corrected chi connectivity index (χ3v) is 2.47. The second-order valence-electron chi connectivity index (χ2n) is 3.57. The van der Waals surface area contributed by atoms with Crippen molar-refractivity contribution in [3.8, 4) is 17.0 Å². The molecule has 2 rings (SSSR count). The first kappa shape index (κ1) is 11.1. The van der Waals surface area contributed by atoms with Crippen LogP contribution in [0.4, 0.5) is 0 Å². The minimum Gasteiger partial charge on any atom is -0.497 e. The molecule has 3 N–H and O–H groups in total. The van der Waals surface area contributed by atoms with Crippen molar-refractivity contribution in [2.45, 2.75) is 6.92 Å². The van der Waals surface area contributed by atoms with Gasteiger partial charge in [-0.25, -0.2) is 0 Å². The lowest BCUT2D eigenvalue weighted by Crippen LogP contribution is -2.12. The number of aromatic nitrogens is 3. The molecule has 6 heteroatoms. The summed E-state index contributed by atoms with van der Waals surface area (Å²) in [5.41, 5.74) is 7.54. The van der Waals surface area contributed by atoms with E-state index in [4.69, 9.17) is 10.5 Å². The standard InChI is InChI=1S/C11H12N4O2/c1-6-5-7(17-2)3-4-8(6)9-10(11(12)16)14-15-13-9/h3-5H,1-2H3,(H2,12,16)(H,13,14,15). The first-order valence-corrected chi connectivity index (χ1v) is 4.99. The van der Waals surface area contributed by atoms with Gasteiger partial charge in [-0.05, 0) is 30.7 Å². The number of carbonyl (C=O) groups excluding carboxylic acids is 1. The molecule has 0 aliphatic carbocycles. The molecular formula is C11H12N4O2. The van der Waals surface area contributed by atoms with Crippen LogP contribution >= 0.6 is 0 Å². The van der Waals surface area contributed by atoms with Crippen LogP contribution < -0.4 is 10.5 Å². The lowest BCUT2D eigenvalue weighted by Gasteiger charge is -2.06. The molecule has 2 aromatic rings. The number of nitrogens with zero attached hydrogens (tertiary/aromatic N) is 2. The van der Waals surface area contributed by atoms with Gasteiger partial charge in [0.15, 0.2) is 5.69 Å². The van der Waals surface area contributed by atoms with Crippen molar-refractivity contribution < 1.29 is 9.53 Å². The fourth-order valence-corrected chi connectivity index (χ4v) is 1.62. The molecule has 0 fully saturated rings. The van der Waals surface area contributed by atoms with Crippen LogP contribution in [-0.4, -0.2) is 28.4 Å². The lowest BCUT2D eigenvalue weighted by molar-refractivity contribution is 0.0996. The van der Waals surface area contributed by atoms with E-state index in [2.05, 4.69) is 15.4 Å². The van der Waals surface area contributed by atoms with Crippen molar-refractivity contribution in [3.63, 3.8) is 0 Å². The first-order valence-electron chi connectivity index (χ1n) is 4.99. The van der Waals surface area contributed by atoms with Crippen LogP contribution in [0.2, 0.25) is 0 Å². The maximum Gasteiger partial charge on any atom is 0.271 e. The summed E-state index contributed by atoms with van der Waals surface area (Å²) in [5.74, 6) is 0.138. The number of H-pyrrole nitrogens is 1. The van der Waals surface area contributed by atoms with Crippen LogP contribution in [0.5, 0.6) is 5.75 Å². The summed E-state index contributed by atoms with van der Waals surface area (Å²) in [5, 5.41) is 10.1. The summed E-state index contributed by atoms with van der Waals surface area (Å²) < 4.78 is 5.11. The quantitative estimate of drug-likeness (QED) is 0.821. The molecule has 17 heavy (non-hydrogen) atoms. The molecule has 0 spiro atoms. The van der Waals surface area contributed by atoms with Crippen molar-refractivity contribution in [2.24, 2.45) is 5.73 Å². The van der Waals surface area contributed by atoms with E-state index in [-0.39, 0.29) is 5.69 Å². The third-order valence-electron chi connectivity index (χ3n) is 2.47. The van der Waals surface area contributed by atoms with Crippen LogP contribution in [0.15, 0.2) is 18.2 Å². The number of hydrogen-bond acceptors (Lipinski definition) is 4. The topological polar surface area (TPSA) is 93.9 Å². The first-order chi connectivity index (χ1) is 8.13. The second-order valence-corrected chi connectivity index (χ2v) is 3.57. The Hall–Kier alpha value is -2.37. The van der Waals surface area contributed by atoms with Gasteiger partial charge < -0.3 is 10.5 Å². The number of aromatic amines is 1. The SMILES string of the molecule is COc1ccc(-c2n[nH]nc2C(N)=O)c(C)c1. The maximum atomic E-state index is 11.2. The normalized spacial score (nSPS) is 10.2. The number of hydrogen-bond donors (Lipinski definition) is 2. The molecule has 0 aliphatic rings. The highest BCUT2D eigenvalue weighted by molar-refractivity contribution is 5.97. The number of benzene rings is 1. The molecule has 0 aliphatic heterocycles. The lowest BCUT2D eigenvalue weighted by atomic mass is 10.0. The van der Waals surface area contributed by atoms with Gasteiger partial charge in [0, 0.05) is 5.56 Å². The predicted molar refractivity (Wildman–Crippen MR) is 61.6 cm³/mol. The molecule has 1 heterocycles. The molecule has 0 unspecified atom stereocenters. The Balaban J connectivity index is 2.53. The number of aryl methyl sites for hydroxylation is 1. The molecular weight excluding hydrogens is 220 g/mol. The summed E-state index contributed by atoms with van der Waals surface area (Å²) in [6.45, 7) is 1.90. The van der Waals surface area contributed by atoms with Crippen LogP contribution in [0, 0.1) is 6.92 Å². The van der Waals surface area contributed by atoms with Crippen molar-refractivity contribution in [1.82, 2.24) is 15.4 Å². The highest BCUT2D eigenvalue weighted by Crippen LogP contribution is 2.26. The molecule has 88 valence electrons. The number of carbonyl (C=O) groups is 1. The molecule has 0 saturated carbocycles. The van der Waals surface area contributed by atoms with Crippen LogP contribution in [0.3, 0.4) is 0 Å². The van der Waals surface area contributed by atoms with E-state index in [1.165, 1.54) is 0 Å². The minimum absolute atomic E-state index is 0.137. The Morgan fingerprint density at radius 2 is 2.18 bits per heavy atom. The zero-order valence-corrected chi connectivity index (χ0v) is 9.52. The summed E-state index contributed by atoms with van der Waals surface area (Å²) in [7, 11) is 1.60. The zero-order chi connectivity index (χ0) is 12.4. The average molecular weight is 232 g/mol. The van der Waals surface area contributed by atoms with Crippen molar-refractivity contribution in [3.05, 3.63) is 29.5 Å². The van der Waals surface area contributed by atoms with E-state index >= 15 is 0 Å². The van der Waals surface area contributed by atoms with E-state index in [1.54, 1.807) is 13.2 Å². The van der Waals surface area contributed by atoms with Gasteiger partial charge >= 0.3 is 0 Å². The van der Waals surface area contributed by atoms with Crippen molar-refractivity contribution in [1.29, 1.82) is 0 Å². The molecule has 1 aromatic carbocycles. The Morgan fingerprint density at radius 3 is 2.76 bits per heavy atom. The summed E-state index contributed by atoms with van der Waals surface area (Å²) in [6, 6.07) is 5.47. The fraction of sp³-hybridized carbons (Fsp3) is 0.182. The molecule has 0 bridgehead atoms. The van der Waals surface area contributed by atoms with E-state index in [1.807, 2.05) is 19.1 Å². The number of primary amides is 1. The van der Waals surface area contributed by atoms with Crippen LogP contribution in [0.1, 0.15) is 16.1 Å². The molecule has 1 amide bonds. The van der Waals surface area contributed by atoms with Crippen LogP contribution in [0.25, 0.3) is 11.3 Å². The maximum absolute atomic E-state index is 11.2.